The zero-order valence-electron chi connectivity index (χ0n) is 13.3. The minimum atomic E-state index is -0.122. The lowest BCUT2D eigenvalue weighted by Crippen LogP contribution is -2.31. The van der Waals surface area contributed by atoms with Crippen LogP contribution >= 0.6 is 0 Å². The second-order valence-electron chi connectivity index (χ2n) is 5.60. The summed E-state index contributed by atoms with van der Waals surface area (Å²) in [4.78, 5) is 22.0. The third-order valence-corrected chi connectivity index (χ3v) is 3.74. The second-order valence-corrected chi connectivity index (χ2v) is 5.60. The molecule has 9 heteroatoms. The van der Waals surface area contributed by atoms with Gasteiger partial charge in [-0.1, -0.05) is 0 Å². The summed E-state index contributed by atoms with van der Waals surface area (Å²) in [5.74, 6) is 1.04. The first-order chi connectivity index (χ1) is 11.6. The Morgan fingerprint density at radius 1 is 1.54 bits per heavy atom. The maximum atomic E-state index is 11.7. The largest absolute Gasteiger partial charge is 0.365 e. The molecule has 0 aliphatic carbocycles. The molecule has 0 spiro atoms. The molecule has 1 aliphatic heterocycles. The molecule has 2 aromatic rings. The minimum absolute atomic E-state index is 0.0700. The number of hydrogen-bond acceptors (Lipinski definition) is 7. The third-order valence-electron chi connectivity index (χ3n) is 3.74. The summed E-state index contributed by atoms with van der Waals surface area (Å²) >= 11 is 0. The molecule has 0 saturated carbocycles. The SMILES string of the molecule is Cn1cc(Nc2nccc(N[C@@H]3CCN(C(=O)CC#N)C3)n2)cn1. The standard InChI is InChI=1S/C15H18N8O/c1-22-9-12(8-18-22)20-15-17-6-3-13(21-15)19-11-4-7-23(10-11)14(24)2-5-16/h3,6,8-9,11H,2,4,7,10H2,1H3,(H2,17,19,20,21)/t11-/m1/s1. The normalized spacial score (nSPS) is 16.7. The van der Waals surface area contributed by atoms with Gasteiger partial charge in [0.1, 0.15) is 12.2 Å². The topological polar surface area (TPSA) is 112 Å². The minimum Gasteiger partial charge on any atom is -0.365 e. The van der Waals surface area contributed by atoms with E-state index in [0.29, 0.717) is 24.9 Å². The fraction of sp³-hybridized carbons (Fsp3) is 0.400. The number of nitrogens with one attached hydrogen (secondary N) is 2. The number of nitrogens with zero attached hydrogens (tertiary/aromatic N) is 6. The van der Waals surface area contributed by atoms with E-state index < -0.39 is 0 Å². The van der Waals surface area contributed by atoms with Crippen molar-refractivity contribution in [2.45, 2.75) is 18.9 Å². The van der Waals surface area contributed by atoms with E-state index in [1.54, 1.807) is 28.0 Å². The first-order valence-electron chi connectivity index (χ1n) is 7.64. The van der Waals surface area contributed by atoms with Gasteiger partial charge in [0, 0.05) is 38.6 Å². The molecule has 2 N–H and O–H groups in total. The lowest BCUT2D eigenvalue weighted by atomic mass is 10.2. The molecule has 1 fully saturated rings. The van der Waals surface area contributed by atoms with Crippen molar-refractivity contribution >= 4 is 23.4 Å². The number of amides is 1. The molecular formula is C15H18N8O. The molecule has 0 radical (unpaired) electrons. The number of likely N-dealkylation sites (tertiary alicyclic amines) is 1. The predicted molar refractivity (Wildman–Crippen MR) is 87.4 cm³/mol. The molecule has 1 amide bonds. The number of hydrogen-bond donors (Lipinski definition) is 2. The maximum absolute atomic E-state index is 11.7. The van der Waals surface area contributed by atoms with E-state index in [-0.39, 0.29) is 18.4 Å². The molecule has 0 unspecified atom stereocenters. The van der Waals surface area contributed by atoms with E-state index in [1.165, 1.54) is 0 Å². The van der Waals surface area contributed by atoms with Crippen LogP contribution in [0, 0.1) is 11.3 Å². The number of carbonyl (C=O) groups is 1. The van der Waals surface area contributed by atoms with E-state index >= 15 is 0 Å². The first-order valence-corrected chi connectivity index (χ1v) is 7.64. The van der Waals surface area contributed by atoms with Crippen LogP contribution in [0.25, 0.3) is 0 Å². The van der Waals surface area contributed by atoms with Crippen LogP contribution in [0.3, 0.4) is 0 Å². The zero-order valence-corrected chi connectivity index (χ0v) is 13.3. The van der Waals surface area contributed by atoms with Crippen molar-refractivity contribution in [3.63, 3.8) is 0 Å². The Balaban J connectivity index is 1.59. The van der Waals surface area contributed by atoms with E-state index in [4.69, 9.17) is 5.26 Å². The van der Waals surface area contributed by atoms with E-state index in [9.17, 15) is 4.79 Å². The number of nitriles is 1. The highest BCUT2D eigenvalue weighted by Gasteiger charge is 2.26. The number of rotatable bonds is 5. The van der Waals surface area contributed by atoms with Gasteiger partial charge >= 0.3 is 0 Å². The van der Waals surface area contributed by atoms with Crippen molar-refractivity contribution in [1.82, 2.24) is 24.6 Å². The van der Waals surface area contributed by atoms with E-state index in [2.05, 4.69) is 25.7 Å². The van der Waals surface area contributed by atoms with Crippen LogP contribution in [0.15, 0.2) is 24.7 Å². The summed E-state index contributed by atoms with van der Waals surface area (Å²) in [5, 5.41) is 19.1. The molecule has 1 saturated heterocycles. The van der Waals surface area contributed by atoms with Crippen molar-refractivity contribution in [2.75, 3.05) is 23.7 Å². The second kappa shape index (κ2) is 6.95. The van der Waals surface area contributed by atoms with Crippen LogP contribution in [0.1, 0.15) is 12.8 Å². The van der Waals surface area contributed by atoms with Crippen LogP contribution < -0.4 is 10.6 Å². The maximum Gasteiger partial charge on any atom is 0.236 e. The van der Waals surface area contributed by atoms with Crippen LogP contribution in [0.4, 0.5) is 17.5 Å². The summed E-state index contributed by atoms with van der Waals surface area (Å²) in [5.41, 5.74) is 0.809. The Hall–Kier alpha value is -3.15. The molecular weight excluding hydrogens is 308 g/mol. The molecule has 24 heavy (non-hydrogen) atoms. The first kappa shape index (κ1) is 15.7. The fourth-order valence-electron chi connectivity index (χ4n) is 2.61. The van der Waals surface area contributed by atoms with Gasteiger partial charge in [0.15, 0.2) is 0 Å². The van der Waals surface area contributed by atoms with Gasteiger partial charge in [-0.2, -0.15) is 15.3 Å². The third kappa shape index (κ3) is 3.78. The van der Waals surface area contributed by atoms with Crippen LogP contribution in [-0.4, -0.2) is 49.7 Å². The van der Waals surface area contributed by atoms with Gasteiger partial charge < -0.3 is 15.5 Å². The van der Waals surface area contributed by atoms with E-state index in [0.717, 1.165) is 12.1 Å². The van der Waals surface area contributed by atoms with Crippen molar-refractivity contribution in [2.24, 2.45) is 7.05 Å². The van der Waals surface area contributed by atoms with Crippen LogP contribution in [-0.2, 0) is 11.8 Å². The van der Waals surface area contributed by atoms with Gasteiger partial charge in [-0.25, -0.2) is 4.98 Å². The van der Waals surface area contributed by atoms with Gasteiger partial charge in [0.05, 0.1) is 18.0 Å². The lowest BCUT2D eigenvalue weighted by molar-refractivity contribution is -0.129. The van der Waals surface area contributed by atoms with Gasteiger partial charge in [0.25, 0.3) is 0 Å². The molecule has 3 rings (SSSR count). The van der Waals surface area contributed by atoms with Crippen molar-refractivity contribution in [3.8, 4) is 6.07 Å². The smallest absolute Gasteiger partial charge is 0.236 e. The average Bonchev–Trinajstić information content (AvgIpc) is 3.17. The van der Waals surface area contributed by atoms with Crippen LogP contribution in [0.5, 0.6) is 0 Å². The summed E-state index contributed by atoms with van der Waals surface area (Å²) < 4.78 is 1.69. The molecule has 1 aliphatic rings. The molecule has 3 heterocycles. The van der Waals surface area contributed by atoms with Gasteiger partial charge in [-0.05, 0) is 12.5 Å². The van der Waals surface area contributed by atoms with E-state index in [1.807, 2.05) is 19.3 Å². The number of aromatic nitrogens is 4. The zero-order chi connectivity index (χ0) is 16.9. The quantitative estimate of drug-likeness (QED) is 0.838. The predicted octanol–water partition coefficient (Wildman–Crippen LogP) is 0.880. The molecule has 0 bridgehead atoms. The van der Waals surface area contributed by atoms with Gasteiger partial charge in [-0.15, -0.1) is 0 Å². The summed E-state index contributed by atoms with van der Waals surface area (Å²) in [6.07, 6.45) is 5.95. The Morgan fingerprint density at radius 2 is 2.42 bits per heavy atom. The highest BCUT2D eigenvalue weighted by Crippen LogP contribution is 2.17. The Morgan fingerprint density at radius 3 is 3.17 bits per heavy atom. The summed E-state index contributed by atoms with van der Waals surface area (Å²) in [7, 11) is 1.84. The van der Waals surface area contributed by atoms with Gasteiger partial charge in [0.2, 0.25) is 11.9 Å². The number of carbonyl (C=O) groups excluding carboxylic acids is 1. The van der Waals surface area contributed by atoms with Crippen molar-refractivity contribution in [1.29, 1.82) is 5.26 Å². The number of anilines is 3. The van der Waals surface area contributed by atoms with Crippen molar-refractivity contribution in [3.05, 3.63) is 24.7 Å². The summed E-state index contributed by atoms with van der Waals surface area (Å²) in [6.45, 7) is 1.24. The molecule has 0 aromatic carbocycles. The fourth-order valence-corrected chi connectivity index (χ4v) is 2.61. The molecule has 2 aromatic heterocycles. The Labute approximate surface area is 139 Å². The van der Waals surface area contributed by atoms with Crippen molar-refractivity contribution < 1.29 is 4.79 Å². The highest BCUT2D eigenvalue weighted by atomic mass is 16.2. The molecule has 9 nitrogen and oxygen atoms in total. The number of aryl methyl sites for hydroxylation is 1. The monoisotopic (exact) mass is 326 g/mol. The molecule has 124 valence electrons. The highest BCUT2D eigenvalue weighted by molar-refractivity contribution is 5.78. The van der Waals surface area contributed by atoms with Crippen LogP contribution in [0.2, 0.25) is 0 Å². The Bertz CT molecular complexity index is 765. The lowest BCUT2D eigenvalue weighted by Gasteiger charge is -2.16. The Kier molecular flexibility index (Phi) is 4.56. The summed E-state index contributed by atoms with van der Waals surface area (Å²) in [6, 6.07) is 3.80. The van der Waals surface area contributed by atoms with Gasteiger partial charge in [-0.3, -0.25) is 9.48 Å². The molecule has 1 atom stereocenters. The average molecular weight is 326 g/mol.